The zero-order valence-electron chi connectivity index (χ0n) is 36.7. The molecule has 1 unspecified atom stereocenters. The van der Waals surface area contributed by atoms with Crippen molar-refractivity contribution in [3.05, 3.63) is 263 Å². The average molecular weight is 830 g/mol. The summed E-state index contributed by atoms with van der Waals surface area (Å²) in [5.41, 5.74) is 26.8. The summed E-state index contributed by atoms with van der Waals surface area (Å²) in [5, 5.41) is 0. The van der Waals surface area contributed by atoms with Crippen LogP contribution in [0.1, 0.15) is 60.1 Å². The Morgan fingerprint density at radius 3 is 1.72 bits per heavy atom. The second kappa shape index (κ2) is 14.4. The average Bonchev–Trinajstić information content (AvgIpc) is 3.93. The molecule has 0 saturated carbocycles. The van der Waals surface area contributed by atoms with Crippen molar-refractivity contribution in [2.24, 2.45) is 0 Å². The molecule has 1 atom stereocenters. The fourth-order valence-corrected chi connectivity index (χ4v) is 12.1. The van der Waals surface area contributed by atoms with Gasteiger partial charge < -0.3 is 4.90 Å². The third-order valence-corrected chi connectivity index (χ3v) is 15.0. The van der Waals surface area contributed by atoms with Gasteiger partial charge in [0.2, 0.25) is 0 Å². The van der Waals surface area contributed by atoms with Gasteiger partial charge >= 0.3 is 0 Å². The van der Waals surface area contributed by atoms with Gasteiger partial charge in [0.15, 0.2) is 0 Å². The smallest absolute Gasteiger partial charge is 0.0722 e. The Morgan fingerprint density at radius 2 is 0.954 bits per heavy atom. The monoisotopic (exact) mass is 829 g/mol. The normalized spacial score (nSPS) is 16.7. The molecule has 4 aliphatic rings. The Labute approximate surface area is 382 Å². The van der Waals surface area contributed by atoms with Gasteiger partial charge in [-0.3, -0.25) is 0 Å². The number of allylic oxidation sites excluding steroid dienone is 4. The highest BCUT2D eigenvalue weighted by Gasteiger charge is 2.52. The van der Waals surface area contributed by atoms with E-state index in [2.05, 4.69) is 243 Å². The Hall–Kier alpha value is -7.74. The fourth-order valence-electron chi connectivity index (χ4n) is 12.1. The third-order valence-electron chi connectivity index (χ3n) is 15.0. The van der Waals surface area contributed by atoms with Crippen LogP contribution in [0.15, 0.2) is 230 Å². The molecule has 4 aliphatic carbocycles. The highest BCUT2D eigenvalue weighted by molar-refractivity contribution is 6.01. The van der Waals surface area contributed by atoms with Gasteiger partial charge in [-0.15, -0.1) is 0 Å². The first-order valence-corrected chi connectivity index (χ1v) is 23.1. The van der Waals surface area contributed by atoms with E-state index in [1.807, 2.05) is 0 Å². The molecule has 9 aromatic rings. The lowest BCUT2D eigenvalue weighted by atomic mass is 9.69. The molecule has 1 heteroatoms. The molecule has 13 rings (SSSR count). The SMILES string of the molecule is CC1(C)c2ccccc2-c2ccc(N(c3ccc(-c4cccc5c4-c4ccccc4C54C5=C(CCC=C5)c5ccccc54)cc3)c3ccc(-c4ccccc4)cc3-c3ccccc3)cc21. The van der Waals surface area contributed by atoms with Gasteiger partial charge in [0.05, 0.1) is 11.1 Å². The summed E-state index contributed by atoms with van der Waals surface area (Å²) in [7, 11) is 0. The maximum atomic E-state index is 2.48. The van der Waals surface area contributed by atoms with Crippen molar-refractivity contribution in [3.8, 4) is 55.6 Å². The minimum atomic E-state index is -0.331. The molecule has 0 fully saturated rings. The highest BCUT2D eigenvalue weighted by Crippen LogP contribution is 2.64. The summed E-state index contributed by atoms with van der Waals surface area (Å²) < 4.78 is 0. The first kappa shape index (κ1) is 37.8. The van der Waals surface area contributed by atoms with Crippen LogP contribution in [0.4, 0.5) is 17.1 Å². The fraction of sp³-hybridized carbons (Fsp3) is 0.0938. The predicted molar refractivity (Wildman–Crippen MR) is 272 cm³/mol. The maximum Gasteiger partial charge on any atom is 0.0722 e. The van der Waals surface area contributed by atoms with E-state index in [0.717, 1.165) is 29.9 Å². The lowest BCUT2D eigenvalue weighted by Crippen LogP contribution is -2.27. The van der Waals surface area contributed by atoms with Crippen LogP contribution in [0.3, 0.4) is 0 Å². The Bertz CT molecular complexity index is 3440. The van der Waals surface area contributed by atoms with Crippen molar-refractivity contribution in [1.82, 2.24) is 0 Å². The van der Waals surface area contributed by atoms with E-state index in [1.165, 1.54) is 100 Å². The van der Waals surface area contributed by atoms with Crippen molar-refractivity contribution < 1.29 is 0 Å². The van der Waals surface area contributed by atoms with Gasteiger partial charge in [0.1, 0.15) is 0 Å². The van der Waals surface area contributed by atoms with Crippen LogP contribution in [0.5, 0.6) is 0 Å². The van der Waals surface area contributed by atoms with E-state index in [0.29, 0.717) is 0 Å². The highest BCUT2D eigenvalue weighted by atomic mass is 15.1. The summed E-state index contributed by atoms with van der Waals surface area (Å²) in [6.07, 6.45) is 6.99. The third kappa shape index (κ3) is 5.45. The Balaban J connectivity index is 0.997. The first-order chi connectivity index (χ1) is 32.0. The molecule has 308 valence electrons. The molecule has 0 bridgehead atoms. The van der Waals surface area contributed by atoms with Crippen molar-refractivity contribution >= 4 is 22.6 Å². The van der Waals surface area contributed by atoms with E-state index in [-0.39, 0.29) is 10.8 Å². The van der Waals surface area contributed by atoms with Crippen LogP contribution >= 0.6 is 0 Å². The zero-order valence-corrected chi connectivity index (χ0v) is 36.7. The number of benzene rings is 9. The largest absolute Gasteiger partial charge is 0.310 e. The van der Waals surface area contributed by atoms with Gasteiger partial charge in [-0.05, 0) is 144 Å². The molecule has 0 aromatic heterocycles. The number of fused-ring (bicyclic) bond motifs is 12. The van der Waals surface area contributed by atoms with Crippen LogP contribution in [0.2, 0.25) is 0 Å². The summed E-state index contributed by atoms with van der Waals surface area (Å²) in [6, 6.07) is 79.5. The predicted octanol–water partition coefficient (Wildman–Crippen LogP) is 16.9. The molecule has 0 heterocycles. The first-order valence-electron chi connectivity index (χ1n) is 23.1. The molecule has 0 amide bonds. The molecule has 9 aromatic carbocycles. The Kier molecular flexibility index (Phi) is 8.37. The molecular formula is C64H47N. The summed E-state index contributed by atoms with van der Waals surface area (Å²) in [6.45, 7) is 4.74. The molecule has 0 aliphatic heterocycles. The van der Waals surface area contributed by atoms with Crippen LogP contribution < -0.4 is 4.90 Å². The van der Waals surface area contributed by atoms with Crippen LogP contribution in [0.25, 0.3) is 61.2 Å². The van der Waals surface area contributed by atoms with Crippen molar-refractivity contribution in [2.45, 2.75) is 37.5 Å². The maximum absolute atomic E-state index is 2.48. The summed E-state index contributed by atoms with van der Waals surface area (Å²) >= 11 is 0. The number of anilines is 3. The lowest BCUT2D eigenvalue weighted by Gasteiger charge is -2.32. The van der Waals surface area contributed by atoms with Crippen LogP contribution in [0, 0.1) is 0 Å². The van der Waals surface area contributed by atoms with E-state index >= 15 is 0 Å². The van der Waals surface area contributed by atoms with Gasteiger partial charge in [-0.25, -0.2) is 0 Å². The van der Waals surface area contributed by atoms with Crippen LogP contribution in [-0.2, 0) is 10.8 Å². The molecule has 0 N–H and O–H groups in total. The van der Waals surface area contributed by atoms with E-state index in [4.69, 9.17) is 0 Å². The Morgan fingerprint density at radius 1 is 0.385 bits per heavy atom. The zero-order chi connectivity index (χ0) is 43.3. The van der Waals surface area contributed by atoms with Gasteiger partial charge in [-0.2, -0.15) is 0 Å². The van der Waals surface area contributed by atoms with E-state index in [1.54, 1.807) is 0 Å². The van der Waals surface area contributed by atoms with E-state index < -0.39 is 0 Å². The second-order valence-corrected chi connectivity index (χ2v) is 18.6. The lowest BCUT2D eigenvalue weighted by molar-refractivity contribution is 0.660. The molecule has 1 spiro atoms. The van der Waals surface area contributed by atoms with Gasteiger partial charge in [0.25, 0.3) is 0 Å². The minimum absolute atomic E-state index is 0.137. The topological polar surface area (TPSA) is 3.24 Å². The molecule has 0 radical (unpaired) electrons. The number of rotatable bonds is 6. The van der Waals surface area contributed by atoms with Gasteiger partial charge in [0, 0.05) is 22.4 Å². The minimum Gasteiger partial charge on any atom is -0.310 e. The molecule has 65 heavy (non-hydrogen) atoms. The number of hydrogen-bond acceptors (Lipinski definition) is 1. The summed E-state index contributed by atoms with van der Waals surface area (Å²) in [5.74, 6) is 0. The molecular weight excluding hydrogens is 783 g/mol. The molecule has 1 nitrogen and oxygen atoms in total. The quantitative estimate of drug-likeness (QED) is 0.161. The standard InChI is InChI=1S/C64H47N/c1-63(2)55-27-13-9-22-49(55)52-38-37-47(41-60(52)63)65(61-39-34-45(42-18-5-3-6-19-42)40-54(61)43-20-7-4-8-21-43)46-35-32-44(33-36-46)48-26-17-31-59-62(48)53-25-12-16-30-58(53)64(59)56-28-14-10-23-50(56)51-24-11-15-29-57(51)64/h3-10,12-23,25-41H,11,24H2,1-2H3. The van der Waals surface area contributed by atoms with E-state index in [9.17, 15) is 0 Å². The number of hydrogen-bond donors (Lipinski definition) is 0. The van der Waals surface area contributed by atoms with Crippen molar-refractivity contribution in [3.63, 3.8) is 0 Å². The van der Waals surface area contributed by atoms with Crippen molar-refractivity contribution in [1.29, 1.82) is 0 Å². The molecule has 0 saturated heterocycles. The van der Waals surface area contributed by atoms with Gasteiger partial charge in [-0.1, -0.05) is 202 Å². The summed E-state index contributed by atoms with van der Waals surface area (Å²) in [4.78, 5) is 2.48. The number of nitrogens with zero attached hydrogens (tertiary/aromatic N) is 1. The van der Waals surface area contributed by atoms with Crippen LogP contribution in [-0.4, -0.2) is 0 Å². The van der Waals surface area contributed by atoms with Crippen molar-refractivity contribution in [2.75, 3.05) is 4.90 Å². The second-order valence-electron chi connectivity index (χ2n) is 18.6.